The molecule has 0 aliphatic heterocycles. The van der Waals surface area contributed by atoms with Crippen LogP contribution in [0.5, 0.6) is 0 Å². The summed E-state index contributed by atoms with van der Waals surface area (Å²) in [5, 5.41) is 32.0. The lowest BCUT2D eigenvalue weighted by molar-refractivity contribution is -0.178. The maximum Gasteiger partial charge on any atom is 0.187 e. The van der Waals surface area contributed by atoms with Gasteiger partial charge in [-0.3, -0.25) is 9.79 Å². The molecule has 3 N–H and O–H groups in total. The van der Waals surface area contributed by atoms with Gasteiger partial charge in [-0.1, -0.05) is 31.2 Å². The Hall–Kier alpha value is -1.90. The zero-order valence-corrected chi connectivity index (χ0v) is 21.6. The average molecular weight is 497 g/mol. The summed E-state index contributed by atoms with van der Waals surface area (Å²) >= 11 is 1.26. The van der Waals surface area contributed by atoms with Gasteiger partial charge >= 0.3 is 0 Å². The summed E-state index contributed by atoms with van der Waals surface area (Å²) < 4.78 is 0. The molecule has 35 heavy (non-hydrogen) atoms. The number of allylic oxidation sites excluding steroid dienone is 2. The Balaban J connectivity index is 1.42. The number of Topliss-reactive ketones (excluding diaryl/α,β-unsaturated/α-hetero) is 1. The van der Waals surface area contributed by atoms with Crippen molar-refractivity contribution in [2.24, 2.45) is 39.5 Å². The van der Waals surface area contributed by atoms with E-state index in [-0.39, 0.29) is 40.6 Å². The highest BCUT2D eigenvalue weighted by atomic mass is 32.2. The molecular formula is C27H36N4O3S. The minimum atomic E-state index is -1.45. The predicted molar refractivity (Wildman–Crippen MR) is 137 cm³/mol. The van der Waals surface area contributed by atoms with E-state index in [1.54, 1.807) is 25.5 Å². The van der Waals surface area contributed by atoms with Gasteiger partial charge in [-0.15, -0.1) is 0 Å². The number of carbonyl (C=O) groups is 1. The van der Waals surface area contributed by atoms with E-state index < -0.39 is 17.1 Å². The van der Waals surface area contributed by atoms with Crippen molar-refractivity contribution >= 4 is 29.5 Å². The van der Waals surface area contributed by atoms with Crippen molar-refractivity contribution in [1.29, 1.82) is 5.41 Å². The molecular weight excluding hydrogens is 460 g/mol. The average Bonchev–Trinajstić information content (AvgIpc) is 3.12. The molecule has 0 amide bonds. The summed E-state index contributed by atoms with van der Waals surface area (Å²) in [4.78, 5) is 26.3. The summed E-state index contributed by atoms with van der Waals surface area (Å²) in [6.07, 6.45) is 10.7. The molecule has 1 heterocycles. The molecule has 0 radical (unpaired) electrons. The Kier molecular flexibility index (Phi) is 6.29. The number of aliphatic hydroxyl groups is 2. The second-order valence-electron chi connectivity index (χ2n) is 11.4. The lowest BCUT2D eigenvalue weighted by atomic mass is 9.45. The summed E-state index contributed by atoms with van der Waals surface area (Å²) in [6, 6.07) is 1.74. The second-order valence-corrected chi connectivity index (χ2v) is 12.3. The van der Waals surface area contributed by atoms with Gasteiger partial charge in [0.15, 0.2) is 10.9 Å². The Labute approximate surface area is 211 Å². The molecule has 0 spiro atoms. The summed E-state index contributed by atoms with van der Waals surface area (Å²) in [6.45, 7) is 4.29. The molecule has 8 unspecified atom stereocenters. The number of thioether (sulfide) groups is 1. The second kappa shape index (κ2) is 8.89. The van der Waals surface area contributed by atoms with Gasteiger partial charge in [-0.05, 0) is 73.8 Å². The van der Waals surface area contributed by atoms with Gasteiger partial charge in [0.25, 0.3) is 0 Å². The predicted octanol–water partition coefficient (Wildman–Crippen LogP) is 3.75. The van der Waals surface area contributed by atoms with E-state index in [1.807, 2.05) is 6.92 Å². The number of hydrogen-bond donors (Lipinski definition) is 3. The van der Waals surface area contributed by atoms with Crippen LogP contribution in [0, 0.1) is 39.9 Å². The molecule has 188 valence electrons. The lowest BCUT2D eigenvalue weighted by Gasteiger charge is -2.61. The maximum absolute atomic E-state index is 13.5. The fourth-order valence-electron chi connectivity index (χ4n) is 8.27. The summed E-state index contributed by atoms with van der Waals surface area (Å²) in [5.74, 6) is 0.389. The molecule has 0 aromatic carbocycles. The number of aliphatic hydroxyl groups excluding tert-OH is 1. The van der Waals surface area contributed by atoms with E-state index in [1.165, 1.54) is 23.5 Å². The number of rotatable bonds is 5. The molecule has 4 aliphatic carbocycles. The van der Waals surface area contributed by atoms with Crippen molar-refractivity contribution < 1.29 is 15.0 Å². The number of aliphatic imine (C=N–C) groups is 1. The zero-order valence-electron chi connectivity index (χ0n) is 20.8. The first-order valence-electron chi connectivity index (χ1n) is 12.7. The van der Waals surface area contributed by atoms with Crippen molar-refractivity contribution in [2.45, 2.75) is 69.2 Å². The number of ketones is 1. The molecule has 1 aromatic heterocycles. The van der Waals surface area contributed by atoms with E-state index in [0.29, 0.717) is 18.0 Å². The molecule has 1 aromatic rings. The Bertz CT molecular complexity index is 1080. The topological polar surface area (TPSA) is 120 Å². The number of aromatic nitrogens is 2. The van der Waals surface area contributed by atoms with Crippen molar-refractivity contribution in [2.75, 3.05) is 12.8 Å². The highest BCUT2D eigenvalue weighted by Gasteiger charge is 2.68. The third-order valence-corrected chi connectivity index (χ3v) is 10.8. The number of nitrogens with one attached hydrogen (secondary N) is 1. The van der Waals surface area contributed by atoms with Gasteiger partial charge < -0.3 is 15.6 Å². The highest BCUT2D eigenvalue weighted by Crippen LogP contribution is 2.68. The fourth-order valence-corrected chi connectivity index (χ4v) is 9.04. The number of carbonyl (C=O) groups excluding carboxylic acids is 1. The molecule has 5 rings (SSSR count). The van der Waals surface area contributed by atoms with Gasteiger partial charge in [0.2, 0.25) is 0 Å². The van der Waals surface area contributed by atoms with Crippen molar-refractivity contribution in [3.63, 3.8) is 0 Å². The first-order chi connectivity index (χ1) is 16.7. The van der Waals surface area contributed by atoms with Gasteiger partial charge in [0.1, 0.15) is 5.60 Å². The molecule has 8 heteroatoms. The molecule has 3 fully saturated rings. The smallest absolute Gasteiger partial charge is 0.187 e. The number of nitrogens with zero attached hydrogens (tertiary/aromatic N) is 3. The third-order valence-electron chi connectivity index (χ3n) is 9.96. The Morgan fingerprint density at radius 1 is 1.29 bits per heavy atom. The minimum absolute atomic E-state index is 0.0349. The van der Waals surface area contributed by atoms with Crippen LogP contribution in [-0.4, -0.2) is 62.4 Å². The van der Waals surface area contributed by atoms with Crippen LogP contribution in [-0.2, 0) is 4.79 Å². The molecule has 3 saturated carbocycles. The van der Waals surface area contributed by atoms with E-state index >= 15 is 0 Å². The van der Waals surface area contributed by atoms with Gasteiger partial charge in [-0.2, -0.15) is 0 Å². The fraction of sp³-hybridized carbons (Fsp3) is 0.667. The van der Waals surface area contributed by atoms with Gasteiger partial charge in [0, 0.05) is 42.7 Å². The largest absolute Gasteiger partial charge is 0.393 e. The summed E-state index contributed by atoms with van der Waals surface area (Å²) in [5.41, 5.74) is -0.0169. The van der Waals surface area contributed by atoms with Crippen LogP contribution < -0.4 is 0 Å². The van der Waals surface area contributed by atoms with E-state index in [0.717, 1.165) is 31.4 Å². The van der Waals surface area contributed by atoms with Crippen molar-refractivity contribution in [3.05, 3.63) is 30.1 Å². The highest BCUT2D eigenvalue weighted by molar-refractivity contribution is 7.99. The van der Waals surface area contributed by atoms with Crippen LogP contribution in [0.25, 0.3) is 0 Å². The standard InChI is InChI=1S/C27H36N4O3S/c1-25-12-16(14-28)20(29-3)11-17(25)5-6-18-19-7-8-27(34,26(19,2)13-21(32)23(18)25)22(33)15-35-24-30-9-4-10-31-24/h4,9-11,14,16,18-19,21,23,28,32,34H,5-8,12-13,15H2,1-3H3. The molecule has 8 atom stereocenters. The van der Waals surface area contributed by atoms with Crippen LogP contribution in [0.15, 0.2) is 40.3 Å². The van der Waals surface area contributed by atoms with Crippen molar-refractivity contribution in [3.8, 4) is 0 Å². The van der Waals surface area contributed by atoms with Crippen LogP contribution in [0.2, 0.25) is 0 Å². The molecule has 7 nitrogen and oxygen atoms in total. The normalized spacial score (nSPS) is 43.6. The van der Waals surface area contributed by atoms with Crippen molar-refractivity contribution in [1.82, 2.24) is 9.97 Å². The van der Waals surface area contributed by atoms with Crippen LogP contribution in [0.4, 0.5) is 0 Å². The number of fused-ring (bicyclic) bond motifs is 5. The SMILES string of the molecule is CN=C1C=C2CCC3C(C(O)CC4(C)C3CCC4(O)C(=O)CSc3ncccn3)C2(C)CC1C=N. The Morgan fingerprint density at radius 2 is 2.03 bits per heavy atom. The maximum atomic E-state index is 13.5. The van der Waals surface area contributed by atoms with E-state index in [9.17, 15) is 15.0 Å². The zero-order chi connectivity index (χ0) is 25.0. The number of hydrogen-bond acceptors (Lipinski definition) is 8. The van der Waals surface area contributed by atoms with E-state index in [4.69, 9.17) is 5.41 Å². The van der Waals surface area contributed by atoms with Crippen LogP contribution in [0.3, 0.4) is 0 Å². The third kappa shape index (κ3) is 3.66. The molecule has 0 bridgehead atoms. The minimum Gasteiger partial charge on any atom is -0.393 e. The quantitative estimate of drug-likeness (QED) is 0.324. The van der Waals surface area contributed by atoms with Crippen LogP contribution >= 0.6 is 11.8 Å². The Morgan fingerprint density at radius 3 is 2.71 bits per heavy atom. The van der Waals surface area contributed by atoms with E-state index in [2.05, 4.69) is 28.0 Å². The monoisotopic (exact) mass is 496 g/mol. The van der Waals surface area contributed by atoms with Gasteiger partial charge in [-0.25, -0.2) is 9.97 Å². The van der Waals surface area contributed by atoms with Crippen LogP contribution in [0.1, 0.15) is 52.4 Å². The molecule has 4 aliphatic rings. The summed E-state index contributed by atoms with van der Waals surface area (Å²) in [7, 11) is 1.79. The lowest BCUT2D eigenvalue weighted by Crippen LogP contribution is -2.62. The first kappa shape index (κ1) is 24.8. The first-order valence-corrected chi connectivity index (χ1v) is 13.7. The molecule has 0 saturated heterocycles. The van der Waals surface area contributed by atoms with Gasteiger partial charge in [0.05, 0.1) is 11.9 Å².